The summed E-state index contributed by atoms with van der Waals surface area (Å²) in [6.07, 6.45) is 1.58. The third kappa shape index (κ3) is 2.23. The Morgan fingerprint density at radius 3 is 2.87 bits per heavy atom. The van der Waals surface area contributed by atoms with Crippen LogP contribution in [0.1, 0.15) is 53.6 Å². The molecular formula is C23H21N3O5. The van der Waals surface area contributed by atoms with Crippen LogP contribution < -0.4 is 11.3 Å². The maximum atomic E-state index is 13.4. The number of fused-ring (bicyclic) bond motifs is 5. The van der Waals surface area contributed by atoms with Gasteiger partial charge in [0.1, 0.15) is 12.4 Å². The zero-order valence-corrected chi connectivity index (χ0v) is 16.9. The molecule has 0 saturated carbocycles. The molecule has 0 spiro atoms. The number of carbonyl (C=O) groups excluding carboxylic acids is 1. The number of nitrogens with two attached hydrogens (primary N) is 1. The summed E-state index contributed by atoms with van der Waals surface area (Å²) in [5.41, 5.74) is 9.55. The van der Waals surface area contributed by atoms with Crippen LogP contribution in [0.25, 0.3) is 22.3 Å². The van der Waals surface area contributed by atoms with Crippen molar-refractivity contribution >= 4 is 16.9 Å². The van der Waals surface area contributed by atoms with E-state index in [4.69, 9.17) is 15.5 Å². The number of aliphatic hydroxyl groups is 1. The highest BCUT2D eigenvalue weighted by molar-refractivity contribution is 5.93. The quantitative estimate of drug-likeness (QED) is 0.401. The van der Waals surface area contributed by atoms with Crippen LogP contribution in [0.4, 0.5) is 0 Å². The molecule has 1 aliphatic carbocycles. The molecule has 2 atom stereocenters. The second-order valence-electron chi connectivity index (χ2n) is 8.60. The number of cyclic esters (lactones) is 1. The minimum atomic E-state index is -1.86. The number of hydrogen-bond donors (Lipinski definition) is 3. The van der Waals surface area contributed by atoms with Gasteiger partial charge in [0, 0.05) is 28.6 Å². The Labute approximate surface area is 176 Å². The highest BCUT2D eigenvalue weighted by Gasteiger charge is 2.45. The number of benzene rings is 1. The Morgan fingerprint density at radius 2 is 2.10 bits per heavy atom. The Balaban J connectivity index is 1.69. The first-order chi connectivity index (χ1) is 14.8. The SMILES string of the molecule is CC[C@@]1(O)C(=O)OCc2c1cc1n(c2=O)Cc2c-1nc1cc(O)cc3c1c2[C@@H](N)CC3. The van der Waals surface area contributed by atoms with Gasteiger partial charge in [-0.15, -0.1) is 0 Å². The molecule has 0 unspecified atom stereocenters. The maximum Gasteiger partial charge on any atom is 0.343 e. The van der Waals surface area contributed by atoms with Gasteiger partial charge < -0.3 is 25.3 Å². The van der Waals surface area contributed by atoms with Crippen molar-refractivity contribution in [3.05, 3.63) is 56.4 Å². The zero-order chi connectivity index (χ0) is 21.7. The number of aryl methyl sites for hydroxylation is 1. The molecule has 1 aromatic carbocycles. The fraction of sp³-hybridized carbons (Fsp3) is 0.348. The molecule has 0 bridgehead atoms. The molecule has 31 heavy (non-hydrogen) atoms. The highest BCUT2D eigenvalue weighted by Crippen LogP contribution is 2.45. The van der Waals surface area contributed by atoms with Crippen molar-refractivity contribution in [2.75, 3.05) is 0 Å². The third-order valence-corrected chi connectivity index (χ3v) is 6.99. The number of esters is 1. The second kappa shape index (κ2) is 5.93. The van der Waals surface area contributed by atoms with E-state index in [1.54, 1.807) is 29.7 Å². The van der Waals surface area contributed by atoms with Gasteiger partial charge in [-0.3, -0.25) is 4.79 Å². The molecule has 8 nitrogen and oxygen atoms in total. The molecule has 0 radical (unpaired) electrons. The summed E-state index contributed by atoms with van der Waals surface area (Å²) in [6.45, 7) is 1.83. The second-order valence-corrected chi connectivity index (χ2v) is 8.60. The van der Waals surface area contributed by atoms with E-state index in [0.717, 1.165) is 34.9 Å². The largest absolute Gasteiger partial charge is 0.508 e. The molecule has 0 fully saturated rings. The molecule has 6 rings (SSSR count). The molecule has 2 aliphatic heterocycles. The lowest BCUT2D eigenvalue weighted by Gasteiger charge is -2.31. The van der Waals surface area contributed by atoms with Crippen molar-refractivity contribution in [1.29, 1.82) is 0 Å². The van der Waals surface area contributed by atoms with Gasteiger partial charge in [-0.05, 0) is 42.5 Å². The van der Waals surface area contributed by atoms with Crippen molar-refractivity contribution in [2.45, 2.75) is 51.0 Å². The number of ether oxygens (including phenoxy) is 1. The summed E-state index contributed by atoms with van der Waals surface area (Å²) in [6, 6.07) is 4.85. The van der Waals surface area contributed by atoms with Crippen LogP contribution in [0.15, 0.2) is 23.0 Å². The highest BCUT2D eigenvalue weighted by atomic mass is 16.6. The van der Waals surface area contributed by atoms with E-state index in [1.807, 2.05) is 0 Å². The molecule has 4 heterocycles. The minimum absolute atomic E-state index is 0.0904. The fourth-order valence-corrected chi connectivity index (χ4v) is 5.38. The summed E-state index contributed by atoms with van der Waals surface area (Å²) >= 11 is 0. The number of carbonyl (C=O) groups is 1. The number of phenolic OH excluding ortho intramolecular Hbond substituents is 1. The van der Waals surface area contributed by atoms with Crippen molar-refractivity contribution in [2.24, 2.45) is 5.73 Å². The summed E-state index contributed by atoms with van der Waals surface area (Å²) in [7, 11) is 0. The van der Waals surface area contributed by atoms with Gasteiger partial charge in [0.25, 0.3) is 5.56 Å². The van der Waals surface area contributed by atoms with Gasteiger partial charge in [-0.25, -0.2) is 9.78 Å². The summed E-state index contributed by atoms with van der Waals surface area (Å²) in [5, 5.41) is 22.1. The Morgan fingerprint density at radius 1 is 1.29 bits per heavy atom. The number of nitrogens with zero attached hydrogens (tertiary/aromatic N) is 2. The smallest absolute Gasteiger partial charge is 0.343 e. The summed E-state index contributed by atoms with van der Waals surface area (Å²) < 4.78 is 6.74. The topological polar surface area (TPSA) is 128 Å². The van der Waals surface area contributed by atoms with E-state index in [1.165, 1.54) is 0 Å². The number of phenols is 1. The molecule has 3 aromatic rings. The first-order valence-corrected chi connectivity index (χ1v) is 10.4. The molecule has 158 valence electrons. The summed E-state index contributed by atoms with van der Waals surface area (Å²) in [4.78, 5) is 30.5. The predicted molar refractivity (Wildman–Crippen MR) is 111 cm³/mol. The Hall–Kier alpha value is -3.23. The van der Waals surface area contributed by atoms with Crippen molar-refractivity contribution in [3.8, 4) is 17.1 Å². The van der Waals surface area contributed by atoms with Crippen molar-refractivity contribution in [1.82, 2.24) is 9.55 Å². The van der Waals surface area contributed by atoms with Crippen LogP contribution >= 0.6 is 0 Å². The average molecular weight is 419 g/mol. The van der Waals surface area contributed by atoms with Crippen LogP contribution in [0.2, 0.25) is 0 Å². The minimum Gasteiger partial charge on any atom is -0.508 e. The van der Waals surface area contributed by atoms with E-state index < -0.39 is 11.6 Å². The Kier molecular flexibility index (Phi) is 3.54. The lowest BCUT2D eigenvalue weighted by Crippen LogP contribution is -2.44. The van der Waals surface area contributed by atoms with E-state index in [2.05, 4.69) is 0 Å². The molecule has 8 heteroatoms. The lowest BCUT2D eigenvalue weighted by molar-refractivity contribution is -0.172. The number of aromatic hydroxyl groups is 1. The summed E-state index contributed by atoms with van der Waals surface area (Å²) in [5.74, 6) is -0.608. The number of pyridine rings is 2. The Bertz CT molecular complexity index is 1390. The fourth-order valence-electron chi connectivity index (χ4n) is 5.38. The maximum absolute atomic E-state index is 13.4. The molecule has 0 saturated heterocycles. The molecule has 3 aliphatic rings. The van der Waals surface area contributed by atoms with Crippen LogP contribution in [0.5, 0.6) is 5.75 Å². The van der Waals surface area contributed by atoms with Crippen LogP contribution in [-0.2, 0) is 34.7 Å². The van der Waals surface area contributed by atoms with Gasteiger partial charge in [0.05, 0.1) is 29.0 Å². The predicted octanol–water partition coefficient (Wildman–Crippen LogP) is 1.73. The van der Waals surface area contributed by atoms with E-state index in [9.17, 15) is 19.8 Å². The first kappa shape index (κ1) is 18.5. The van der Waals surface area contributed by atoms with Gasteiger partial charge in [-0.1, -0.05) is 6.92 Å². The van der Waals surface area contributed by atoms with E-state index in [0.29, 0.717) is 29.0 Å². The van der Waals surface area contributed by atoms with E-state index >= 15 is 0 Å². The van der Waals surface area contributed by atoms with Crippen LogP contribution in [-0.4, -0.2) is 25.7 Å². The van der Waals surface area contributed by atoms with E-state index in [-0.39, 0.29) is 35.9 Å². The molecule has 4 N–H and O–H groups in total. The molecular weight excluding hydrogens is 398 g/mol. The monoisotopic (exact) mass is 419 g/mol. The van der Waals surface area contributed by atoms with Crippen LogP contribution in [0.3, 0.4) is 0 Å². The third-order valence-electron chi connectivity index (χ3n) is 6.99. The zero-order valence-electron chi connectivity index (χ0n) is 16.9. The van der Waals surface area contributed by atoms with Gasteiger partial charge in [0.2, 0.25) is 0 Å². The first-order valence-electron chi connectivity index (χ1n) is 10.4. The number of aromatic nitrogens is 2. The molecule has 2 aromatic heterocycles. The number of hydrogen-bond acceptors (Lipinski definition) is 7. The van der Waals surface area contributed by atoms with Crippen LogP contribution in [0, 0.1) is 0 Å². The average Bonchev–Trinajstić information content (AvgIpc) is 3.11. The van der Waals surface area contributed by atoms with Crippen molar-refractivity contribution < 1.29 is 19.7 Å². The van der Waals surface area contributed by atoms with Gasteiger partial charge >= 0.3 is 5.97 Å². The normalized spacial score (nSPS) is 23.3. The lowest BCUT2D eigenvalue weighted by atomic mass is 9.83. The standard InChI is InChI=1S/C23H21N3O5/c1-2-23(30)14-7-17-20-12(8-26(17)21(28)13(14)9-31-22(23)29)19-15(24)4-3-10-5-11(27)6-16(25-20)18(10)19/h5-7,15,27,30H,2-4,8-9,24H2,1H3/t15-,23-/m0/s1. The molecule has 0 amide bonds. The van der Waals surface area contributed by atoms with Gasteiger partial charge in [-0.2, -0.15) is 0 Å². The number of rotatable bonds is 1. The van der Waals surface area contributed by atoms with Crippen molar-refractivity contribution in [3.63, 3.8) is 0 Å². The van der Waals surface area contributed by atoms with Gasteiger partial charge in [0.15, 0.2) is 5.60 Å².